The molecule has 2 heterocycles. The van der Waals surface area contributed by atoms with Crippen LogP contribution in [0.4, 0.5) is 0 Å². The summed E-state index contributed by atoms with van der Waals surface area (Å²) in [5.74, 6) is 1.50. The Morgan fingerprint density at radius 2 is 1.20 bits per heavy atom. The minimum Gasteiger partial charge on any atom is -0.478 e. The molecule has 1 aromatic carbocycles. The maximum atomic E-state index is 6.13. The Balaban J connectivity index is 1.89. The molecular weight excluding hydrogens is 372 g/mol. The smallest absolute Gasteiger partial charge is 0.196 e. The van der Waals surface area contributed by atoms with Gasteiger partial charge in [-0.3, -0.25) is 0 Å². The Kier molecular flexibility index (Phi) is 6.10. The molecule has 4 heteroatoms. The van der Waals surface area contributed by atoms with E-state index in [1.807, 2.05) is 0 Å². The molecule has 30 heavy (non-hydrogen) atoms. The summed E-state index contributed by atoms with van der Waals surface area (Å²) in [5.41, 5.74) is 2.89. The van der Waals surface area contributed by atoms with Gasteiger partial charge in [-0.25, -0.2) is 9.98 Å². The number of aliphatic imine (C=N–C) groups is 2. The van der Waals surface area contributed by atoms with Crippen molar-refractivity contribution < 1.29 is 9.47 Å². The normalized spacial score (nSPS) is 22.6. The van der Waals surface area contributed by atoms with Crippen LogP contribution >= 0.6 is 0 Å². The fraction of sp³-hybridized carbons (Fsp3) is 0.692. The summed E-state index contributed by atoms with van der Waals surface area (Å²) in [4.78, 5) is 9.96. The van der Waals surface area contributed by atoms with Gasteiger partial charge in [0.2, 0.25) is 0 Å². The molecule has 2 aliphatic heterocycles. The van der Waals surface area contributed by atoms with E-state index in [1.165, 1.54) is 11.1 Å². The van der Waals surface area contributed by atoms with Gasteiger partial charge in [-0.1, -0.05) is 86.6 Å². The van der Waals surface area contributed by atoms with Crippen LogP contribution in [0.2, 0.25) is 0 Å². The molecule has 0 fully saturated rings. The quantitative estimate of drug-likeness (QED) is 0.624. The van der Waals surface area contributed by atoms with Crippen molar-refractivity contribution in [1.29, 1.82) is 0 Å². The SMILES string of the molecule is CC(C)(C)c1ccc(CC(C2=N[C@@H](C(C)(C)C)CO2)C2=N[C@@H](C(C)(C)C)CO2)cc1. The molecule has 0 amide bonds. The number of ether oxygens (including phenoxy) is 2. The molecule has 0 bridgehead atoms. The molecule has 2 atom stereocenters. The fourth-order valence-electron chi connectivity index (χ4n) is 3.71. The fourth-order valence-corrected chi connectivity index (χ4v) is 3.71. The highest BCUT2D eigenvalue weighted by molar-refractivity contribution is 6.01. The monoisotopic (exact) mass is 412 g/mol. The van der Waals surface area contributed by atoms with Gasteiger partial charge in [-0.2, -0.15) is 0 Å². The molecule has 0 saturated carbocycles. The zero-order chi connectivity index (χ0) is 22.3. The van der Waals surface area contributed by atoms with Gasteiger partial charge in [0.05, 0.1) is 12.1 Å². The highest BCUT2D eigenvalue weighted by Crippen LogP contribution is 2.32. The average Bonchev–Trinajstić information content (AvgIpc) is 3.28. The van der Waals surface area contributed by atoms with Gasteiger partial charge in [-0.15, -0.1) is 0 Å². The molecule has 2 aliphatic rings. The average molecular weight is 413 g/mol. The Hall–Kier alpha value is -1.84. The van der Waals surface area contributed by atoms with Crippen LogP contribution in [0.3, 0.4) is 0 Å². The summed E-state index contributed by atoms with van der Waals surface area (Å²) in [6.45, 7) is 21.3. The minimum absolute atomic E-state index is 0.0646. The molecule has 1 aromatic rings. The first kappa shape index (κ1) is 22.8. The second kappa shape index (κ2) is 8.01. The Bertz CT molecular complexity index is 761. The van der Waals surface area contributed by atoms with Crippen molar-refractivity contribution in [2.75, 3.05) is 13.2 Å². The first-order valence-corrected chi connectivity index (χ1v) is 11.3. The summed E-state index contributed by atoms with van der Waals surface area (Å²) in [6, 6.07) is 9.24. The van der Waals surface area contributed by atoms with Crippen molar-refractivity contribution in [3.63, 3.8) is 0 Å². The number of hydrogen-bond donors (Lipinski definition) is 0. The summed E-state index contributed by atoms with van der Waals surface area (Å²) < 4.78 is 12.3. The topological polar surface area (TPSA) is 43.2 Å². The maximum Gasteiger partial charge on any atom is 0.196 e. The van der Waals surface area contributed by atoms with Crippen LogP contribution in [-0.2, 0) is 21.3 Å². The summed E-state index contributed by atoms with van der Waals surface area (Å²) in [6.07, 6.45) is 0.788. The van der Waals surface area contributed by atoms with Gasteiger partial charge < -0.3 is 9.47 Å². The van der Waals surface area contributed by atoms with E-state index in [-0.39, 0.29) is 34.2 Å². The number of hydrogen-bond acceptors (Lipinski definition) is 4. The van der Waals surface area contributed by atoms with Crippen LogP contribution < -0.4 is 0 Å². The molecule has 0 aromatic heterocycles. The van der Waals surface area contributed by atoms with E-state index in [4.69, 9.17) is 19.5 Å². The van der Waals surface area contributed by atoms with Crippen LogP contribution in [-0.4, -0.2) is 37.1 Å². The van der Waals surface area contributed by atoms with E-state index in [0.717, 1.165) is 18.2 Å². The Morgan fingerprint density at radius 1 is 0.767 bits per heavy atom. The van der Waals surface area contributed by atoms with E-state index in [9.17, 15) is 0 Å². The predicted molar refractivity (Wildman–Crippen MR) is 126 cm³/mol. The lowest BCUT2D eigenvalue weighted by Gasteiger charge is -2.22. The zero-order valence-corrected chi connectivity index (χ0v) is 20.4. The molecule has 0 radical (unpaired) electrons. The molecule has 3 rings (SSSR count). The lowest BCUT2D eigenvalue weighted by atomic mass is 9.86. The van der Waals surface area contributed by atoms with Gasteiger partial charge >= 0.3 is 0 Å². The molecule has 0 unspecified atom stereocenters. The second-order valence-electron chi connectivity index (χ2n) is 12.0. The first-order valence-electron chi connectivity index (χ1n) is 11.3. The van der Waals surface area contributed by atoms with Crippen molar-refractivity contribution in [2.45, 2.75) is 86.2 Å². The van der Waals surface area contributed by atoms with E-state index >= 15 is 0 Å². The predicted octanol–water partition coefficient (Wildman–Crippen LogP) is 5.83. The largest absolute Gasteiger partial charge is 0.478 e. The molecule has 0 aliphatic carbocycles. The van der Waals surface area contributed by atoms with E-state index < -0.39 is 0 Å². The van der Waals surface area contributed by atoms with Crippen molar-refractivity contribution >= 4 is 11.8 Å². The summed E-state index contributed by atoms with van der Waals surface area (Å²) in [7, 11) is 0. The van der Waals surface area contributed by atoms with Crippen molar-refractivity contribution in [3.05, 3.63) is 35.4 Å². The van der Waals surface area contributed by atoms with Gasteiger partial charge in [0.15, 0.2) is 11.8 Å². The third kappa shape index (κ3) is 5.25. The molecule has 0 spiro atoms. The van der Waals surface area contributed by atoms with Crippen LogP contribution in [0.25, 0.3) is 0 Å². The third-order valence-electron chi connectivity index (χ3n) is 6.20. The van der Waals surface area contributed by atoms with E-state index in [0.29, 0.717) is 13.2 Å². The van der Waals surface area contributed by atoms with Gasteiger partial charge in [-0.05, 0) is 33.8 Å². The summed E-state index contributed by atoms with van der Waals surface area (Å²) in [5, 5.41) is 0. The van der Waals surface area contributed by atoms with Gasteiger partial charge in [0, 0.05) is 0 Å². The number of rotatable bonds is 4. The third-order valence-corrected chi connectivity index (χ3v) is 6.20. The van der Waals surface area contributed by atoms with E-state index in [1.54, 1.807) is 0 Å². The van der Waals surface area contributed by atoms with Crippen molar-refractivity contribution in [2.24, 2.45) is 26.7 Å². The Labute approximate surface area is 183 Å². The van der Waals surface area contributed by atoms with Crippen LogP contribution in [0.5, 0.6) is 0 Å². The first-order chi connectivity index (χ1) is 13.7. The van der Waals surface area contributed by atoms with Crippen LogP contribution in [0.15, 0.2) is 34.3 Å². The standard InChI is InChI=1S/C26H40N2O2/c1-24(2,3)18-12-10-17(11-13-18)14-19(22-27-20(15-29-22)25(4,5)6)23-28-21(16-30-23)26(7,8)9/h10-13,19-21H,14-16H2,1-9H3/t20-,21-/m1/s1. The number of benzene rings is 1. The van der Waals surface area contributed by atoms with Crippen LogP contribution in [0.1, 0.15) is 73.4 Å². The molecule has 0 N–H and O–H groups in total. The highest BCUT2D eigenvalue weighted by Gasteiger charge is 2.39. The van der Waals surface area contributed by atoms with E-state index in [2.05, 4.69) is 86.6 Å². The highest BCUT2D eigenvalue weighted by atomic mass is 16.5. The van der Waals surface area contributed by atoms with Crippen molar-refractivity contribution in [1.82, 2.24) is 0 Å². The Morgan fingerprint density at radius 3 is 1.53 bits per heavy atom. The number of nitrogens with zero attached hydrogens (tertiary/aromatic N) is 2. The maximum absolute atomic E-state index is 6.13. The minimum atomic E-state index is -0.0646. The van der Waals surface area contributed by atoms with Gasteiger partial charge in [0.1, 0.15) is 19.1 Å². The summed E-state index contributed by atoms with van der Waals surface area (Å²) >= 11 is 0. The molecule has 0 saturated heterocycles. The second-order valence-corrected chi connectivity index (χ2v) is 12.0. The lowest BCUT2D eigenvalue weighted by Crippen LogP contribution is -2.27. The molecule has 4 nitrogen and oxygen atoms in total. The zero-order valence-electron chi connectivity index (χ0n) is 20.4. The molecular formula is C26H40N2O2. The van der Waals surface area contributed by atoms with Crippen LogP contribution in [0, 0.1) is 16.7 Å². The lowest BCUT2D eigenvalue weighted by molar-refractivity contribution is 0.222. The van der Waals surface area contributed by atoms with Gasteiger partial charge in [0.25, 0.3) is 0 Å². The van der Waals surface area contributed by atoms with Crippen molar-refractivity contribution in [3.8, 4) is 0 Å². The molecule has 166 valence electrons.